The first kappa shape index (κ1) is 17.1. The fraction of sp³-hybridized carbons (Fsp3) is 0.444. The van der Waals surface area contributed by atoms with E-state index in [2.05, 4.69) is 37.5 Å². The van der Waals surface area contributed by atoms with Crippen LogP contribution < -0.4 is 0 Å². The maximum Gasteiger partial charge on any atom is 0.199 e. The number of nitrogens with zero attached hydrogens (tertiary/aromatic N) is 4. The molecule has 1 aliphatic heterocycles. The lowest BCUT2D eigenvalue weighted by Crippen LogP contribution is -2.46. The Morgan fingerprint density at radius 2 is 1.92 bits per heavy atom. The summed E-state index contributed by atoms with van der Waals surface area (Å²) in [5.41, 5.74) is 1.06. The molecule has 0 aliphatic carbocycles. The first-order valence-electron chi connectivity index (χ1n) is 8.30. The van der Waals surface area contributed by atoms with E-state index >= 15 is 0 Å². The Morgan fingerprint density at radius 1 is 1.25 bits per heavy atom. The third kappa shape index (κ3) is 3.66. The van der Waals surface area contributed by atoms with Gasteiger partial charge in [0.2, 0.25) is 0 Å². The molecule has 0 saturated carbocycles. The minimum Gasteiger partial charge on any atom is -0.373 e. The lowest BCUT2D eigenvalue weighted by atomic mass is 10.2. The van der Waals surface area contributed by atoms with E-state index < -0.39 is 0 Å². The van der Waals surface area contributed by atoms with Crippen molar-refractivity contribution in [2.24, 2.45) is 0 Å². The van der Waals surface area contributed by atoms with Crippen molar-refractivity contribution in [2.45, 2.75) is 39.3 Å². The summed E-state index contributed by atoms with van der Waals surface area (Å²) in [5, 5.41) is 4.79. The third-order valence-corrected chi connectivity index (χ3v) is 4.53. The van der Waals surface area contributed by atoms with Crippen LogP contribution in [0.5, 0.6) is 0 Å². The monoisotopic (exact) mass is 344 g/mol. The van der Waals surface area contributed by atoms with E-state index in [9.17, 15) is 0 Å². The Morgan fingerprint density at radius 3 is 2.54 bits per heavy atom. The molecule has 2 atom stereocenters. The fourth-order valence-electron chi connectivity index (χ4n) is 3.22. The molecule has 0 radical (unpaired) electrons. The normalized spacial score (nSPS) is 21.8. The van der Waals surface area contributed by atoms with Crippen molar-refractivity contribution in [1.82, 2.24) is 19.2 Å². The van der Waals surface area contributed by atoms with Crippen LogP contribution in [-0.4, -0.2) is 44.5 Å². The average molecular weight is 344 g/mol. The largest absolute Gasteiger partial charge is 0.373 e. The number of rotatable bonds is 5. The molecular weight excluding hydrogens is 320 g/mol. The number of ether oxygens (including phenoxy) is 1. The standard InChI is InChI=1S/C18H24N4OS/c1-4-10-21-17(16-8-6-5-7-9-16)19-22(18(21)24)13-20-11-14(2)23-15(3)12-20/h4-9,14-15H,1,10-13H2,2-3H3. The molecule has 5 nitrogen and oxygen atoms in total. The molecule has 2 heterocycles. The van der Waals surface area contributed by atoms with Crippen LogP contribution in [0.4, 0.5) is 0 Å². The van der Waals surface area contributed by atoms with Gasteiger partial charge < -0.3 is 4.74 Å². The summed E-state index contributed by atoms with van der Waals surface area (Å²) < 4.78 is 10.5. The highest BCUT2D eigenvalue weighted by Crippen LogP contribution is 2.19. The van der Waals surface area contributed by atoms with E-state index in [1.165, 1.54) is 0 Å². The molecule has 0 N–H and O–H groups in total. The molecule has 1 aliphatic rings. The van der Waals surface area contributed by atoms with Crippen molar-refractivity contribution in [1.29, 1.82) is 0 Å². The third-order valence-electron chi connectivity index (χ3n) is 4.10. The van der Waals surface area contributed by atoms with Gasteiger partial charge in [0.1, 0.15) is 0 Å². The predicted molar refractivity (Wildman–Crippen MR) is 98.3 cm³/mol. The highest BCUT2D eigenvalue weighted by atomic mass is 32.1. The van der Waals surface area contributed by atoms with Gasteiger partial charge in [-0.15, -0.1) is 6.58 Å². The smallest absolute Gasteiger partial charge is 0.199 e. The van der Waals surface area contributed by atoms with Gasteiger partial charge in [-0.3, -0.25) is 9.47 Å². The van der Waals surface area contributed by atoms with Crippen LogP contribution in [0.25, 0.3) is 11.4 Å². The molecular formula is C18H24N4OS. The first-order valence-corrected chi connectivity index (χ1v) is 8.71. The first-order chi connectivity index (χ1) is 11.6. The zero-order valence-electron chi connectivity index (χ0n) is 14.3. The average Bonchev–Trinajstić information content (AvgIpc) is 2.85. The minimum absolute atomic E-state index is 0.228. The summed E-state index contributed by atoms with van der Waals surface area (Å²) >= 11 is 5.66. The molecule has 1 fully saturated rings. The molecule has 0 spiro atoms. The van der Waals surface area contributed by atoms with E-state index in [-0.39, 0.29) is 12.2 Å². The Labute approximate surface area is 148 Å². The summed E-state index contributed by atoms with van der Waals surface area (Å²) in [7, 11) is 0. The van der Waals surface area contributed by atoms with E-state index in [1.54, 1.807) is 0 Å². The van der Waals surface area contributed by atoms with Crippen molar-refractivity contribution in [3.8, 4) is 11.4 Å². The predicted octanol–water partition coefficient (Wildman–Crippen LogP) is 3.33. The van der Waals surface area contributed by atoms with Crippen molar-refractivity contribution < 1.29 is 4.74 Å². The van der Waals surface area contributed by atoms with Crippen molar-refractivity contribution in [2.75, 3.05) is 13.1 Å². The number of aromatic nitrogens is 3. The van der Waals surface area contributed by atoms with Crippen molar-refractivity contribution in [3.63, 3.8) is 0 Å². The molecule has 2 unspecified atom stereocenters. The Bertz CT molecular complexity index is 742. The van der Waals surface area contributed by atoms with E-state index in [0.29, 0.717) is 13.2 Å². The zero-order valence-corrected chi connectivity index (χ0v) is 15.1. The van der Waals surface area contributed by atoms with Crippen LogP contribution in [-0.2, 0) is 18.0 Å². The van der Waals surface area contributed by atoms with Crippen LogP contribution in [0.1, 0.15) is 13.8 Å². The number of allylic oxidation sites excluding steroid dienone is 1. The molecule has 2 aromatic rings. The summed E-state index contributed by atoms with van der Waals surface area (Å²) in [6.45, 7) is 11.2. The number of benzene rings is 1. The molecule has 6 heteroatoms. The Hall–Kier alpha value is -1.76. The minimum atomic E-state index is 0.228. The van der Waals surface area contributed by atoms with Gasteiger partial charge in [-0.2, -0.15) is 5.10 Å². The molecule has 0 bridgehead atoms. The highest BCUT2D eigenvalue weighted by molar-refractivity contribution is 7.71. The van der Waals surface area contributed by atoms with Gasteiger partial charge in [0.15, 0.2) is 10.6 Å². The lowest BCUT2D eigenvalue weighted by molar-refractivity contribution is -0.0777. The number of hydrogen-bond acceptors (Lipinski definition) is 4. The molecule has 1 saturated heterocycles. The topological polar surface area (TPSA) is 35.2 Å². The van der Waals surface area contributed by atoms with Crippen molar-refractivity contribution in [3.05, 3.63) is 47.8 Å². The van der Waals surface area contributed by atoms with Crippen LogP contribution in [0, 0.1) is 4.77 Å². The van der Waals surface area contributed by atoms with Crippen LogP contribution >= 0.6 is 12.2 Å². The molecule has 128 valence electrons. The quantitative estimate of drug-likeness (QED) is 0.616. The van der Waals surface area contributed by atoms with Gasteiger partial charge in [0.05, 0.1) is 18.9 Å². The van der Waals surface area contributed by atoms with E-state index in [1.807, 2.05) is 33.5 Å². The molecule has 1 aromatic carbocycles. The van der Waals surface area contributed by atoms with Gasteiger partial charge in [-0.1, -0.05) is 36.4 Å². The van der Waals surface area contributed by atoms with Gasteiger partial charge in [0, 0.05) is 25.2 Å². The van der Waals surface area contributed by atoms with Gasteiger partial charge in [-0.05, 0) is 26.1 Å². The van der Waals surface area contributed by atoms with Crippen molar-refractivity contribution >= 4 is 12.2 Å². The Kier molecular flexibility index (Phi) is 5.28. The van der Waals surface area contributed by atoms with Crippen LogP contribution in [0.3, 0.4) is 0 Å². The van der Waals surface area contributed by atoms with Crippen LogP contribution in [0.15, 0.2) is 43.0 Å². The SMILES string of the molecule is C=CCn1c(-c2ccccc2)nn(CN2CC(C)OC(C)C2)c1=S. The maximum atomic E-state index is 5.81. The second-order valence-corrected chi connectivity index (χ2v) is 6.67. The van der Waals surface area contributed by atoms with Gasteiger partial charge in [0.25, 0.3) is 0 Å². The highest BCUT2D eigenvalue weighted by Gasteiger charge is 2.23. The Balaban J connectivity index is 1.91. The maximum absolute atomic E-state index is 5.81. The summed E-state index contributed by atoms with van der Waals surface area (Å²) in [5.74, 6) is 0.884. The molecule has 1 aromatic heterocycles. The molecule has 3 rings (SSSR count). The summed E-state index contributed by atoms with van der Waals surface area (Å²) in [6.07, 6.45) is 2.31. The van der Waals surface area contributed by atoms with Gasteiger partial charge in [-0.25, -0.2) is 4.68 Å². The van der Waals surface area contributed by atoms with E-state index in [4.69, 9.17) is 22.1 Å². The summed E-state index contributed by atoms with van der Waals surface area (Å²) in [6, 6.07) is 10.1. The molecule has 0 amide bonds. The van der Waals surface area contributed by atoms with E-state index in [0.717, 1.165) is 29.2 Å². The zero-order chi connectivity index (χ0) is 17.1. The molecule has 24 heavy (non-hydrogen) atoms. The summed E-state index contributed by atoms with van der Waals surface area (Å²) in [4.78, 5) is 2.34. The lowest BCUT2D eigenvalue weighted by Gasteiger charge is -2.34. The second-order valence-electron chi connectivity index (χ2n) is 6.31. The second kappa shape index (κ2) is 7.42. The number of hydrogen-bond donors (Lipinski definition) is 0. The fourth-order valence-corrected chi connectivity index (χ4v) is 3.48. The number of morpholine rings is 1. The van der Waals surface area contributed by atoms with Crippen LogP contribution in [0.2, 0.25) is 0 Å². The van der Waals surface area contributed by atoms with Gasteiger partial charge >= 0.3 is 0 Å².